The molecule has 0 aliphatic carbocycles. The topological polar surface area (TPSA) is 81.7 Å². The van der Waals surface area contributed by atoms with Crippen LogP contribution in [0, 0.1) is 5.92 Å². The number of nitrogens with one attached hydrogen (secondary N) is 2. The van der Waals surface area contributed by atoms with E-state index in [2.05, 4.69) is 26.6 Å². The first-order chi connectivity index (χ1) is 11.5. The minimum Gasteiger partial charge on any atom is -0.392 e. The van der Waals surface area contributed by atoms with E-state index in [0.29, 0.717) is 38.9 Å². The number of aliphatic hydroxyl groups excluding tert-OH is 1. The first-order valence-electron chi connectivity index (χ1n) is 8.30. The Bertz CT molecular complexity index is 617. The van der Waals surface area contributed by atoms with Crippen LogP contribution < -0.4 is 10.6 Å². The number of likely N-dealkylation sites (tertiary alicyclic amines) is 1. The molecule has 2 aliphatic heterocycles. The summed E-state index contributed by atoms with van der Waals surface area (Å²) in [6.45, 7) is 1.64. The van der Waals surface area contributed by atoms with Crippen molar-refractivity contribution in [3.05, 3.63) is 28.7 Å². The molecule has 130 valence electrons. The minimum absolute atomic E-state index is 0.00316. The van der Waals surface area contributed by atoms with Crippen LogP contribution in [0.5, 0.6) is 0 Å². The number of halogens is 1. The molecule has 1 aromatic rings. The Morgan fingerprint density at radius 2 is 1.96 bits per heavy atom. The summed E-state index contributed by atoms with van der Waals surface area (Å²) in [6.07, 6.45) is 1.36. The van der Waals surface area contributed by atoms with Crippen molar-refractivity contribution < 1.29 is 14.7 Å². The standard InChI is InChI=1S/C17H22BrN3O3/c18-13-3-1-2-4-14(13)20-16(23)11-5-7-21(8-6-11)17(24)15-9-12(22)10-19-15/h1-4,11-12,15,19,22H,5-10H2,(H,20,23). The number of hydrogen-bond donors (Lipinski definition) is 3. The lowest BCUT2D eigenvalue weighted by molar-refractivity contribution is -0.136. The fourth-order valence-electron chi connectivity index (χ4n) is 3.28. The Kier molecular flexibility index (Phi) is 5.53. The zero-order valence-corrected chi connectivity index (χ0v) is 15.0. The number of aliphatic hydroxyl groups is 1. The Morgan fingerprint density at radius 3 is 2.58 bits per heavy atom. The van der Waals surface area contributed by atoms with Gasteiger partial charge in [-0.05, 0) is 47.3 Å². The third-order valence-corrected chi connectivity index (χ3v) is 5.41. The van der Waals surface area contributed by atoms with E-state index in [-0.39, 0.29) is 23.8 Å². The van der Waals surface area contributed by atoms with E-state index in [1.54, 1.807) is 4.90 Å². The highest BCUT2D eigenvalue weighted by Gasteiger charge is 2.34. The van der Waals surface area contributed by atoms with E-state index in [0.717, 1.165) is 10.2 Å². The van der Waals surface area contributed by atoms with Crippen molar-refractivity contribution in [3.63, 3.8) is 0 Å². The number of anilines is 1. The van der Waals surface area contributed by atoms with Crippen molar-refractivity contribution >= 4 is 33.4 Å². The molecule has 2 unspecified atom stereocenters. The van der Waals surface area contributed by atoms with Crippen LogP contribution in [0.2, 0.25) is 0 Å². The lowest BCUT2D eigenvalue weighted by Gasteiger charge is -2.33. The summed E-state index contributed by atoms with van der Waals surface area (Å²) in [4.78, 5) is 26.6. The highest BCUT2D eigenvalue weighted by Crippen LogP contribution is 2.25. The number of amides is 2. The largest absolute Gasteiger partial charge is 0.392 e. The lowest BCUT2D eigenvalue weighted by atomic mass is 9.95. The first kappa shape index (κ1) is 17.4. The summed E-state index contributed by atoms with van der Waals surface area (Å²) in [7, 11) is 0. The smallest absolute Gasteiger partial charge is 0.239 e. The van der Waals surface area contributed by atoms with Gasteiger partial charge in [-0.2, -0.15) is 0 Å². The summed E-state index contributed by atoms with van der Waals surface area (Å²) in [5.41, 5.74) is 0.769. The summed E-state index contributed by atoms with van der Waals surface area (Å²) >= 11 is 3.42. The summed E-state index contributed by atoms with van der Waals surface area (Å²) in [5, 5.41) is 15.5. The molecule has 2 aliphatic rings. The van der Waals surface area contributed by atoms with Gasteiger partial charge in [0.2, 0.25) is 11.8 Å². The van der Waals surface area contributed by atoms with Crippen molar-refractivity contribution in [1.82, 2.24) is 10.2 Å². The van der Waals surface area contributed by atoms with Gasteiger partial charge in [-0.25, -0.2) is 0 Å². The van der Waals surface area contributed by atoms with Gasteiger partial charge in [-0.15, -0.1) is 0 Å². The normalized spacial score (nSPS) is 24.8. The molecule has 3 N–H and O–H groups in total. The predicted octanol–water partition coefficient (Wildman–Crippen LogP) is 1.35. The van der Waals surface area contributed by atoms with Gasteiger partial charge in [0.05, 0.1) is 17.8 Å². The third kappa shape index (κ3) is 3.96. The second kappa shape index (κ2) is 7.63. The maximum absolute atomic E-state index is 12.4. The number of hydrogen-bond acceptors (Lipinski definition) is 4. The summed E-state index contributed by atoms with van der Waals surface area (Å²) in [5.74, 6) is -0.0390. The van der Waals surface area contributed by atoms with Gasteiger partial charge in [0.15, 0.2) is 0 Å². The van der Waals surface area contributed by atoms with Crippen LogP contribution in [0.3, 0.4) is 0 Å². The van der Waals surface area contributed by atoms with Crippen molar-refractivity contribution in [2.45, 2.75) is 31.4 Å². The predicted molar refractivity (Wildman–Crippen MR) is 94.5 cm³/mol. The molecular formula is C17H22BrN3O3. The molecule has 6 nitrogen and oxygen atoms in total. The van der Waals surface area contributed by atoms with Crippen LogP contribution in [0.1, 0.15) is 19.3 Å². The second-order valence-electron chi connectivity index (χ2n) is 6.42. The molecule has 24 heavy (non-hydrogen) atoms. The molecule has 2 atom stereocenters. The van der Waals surface area contributed by atoms with Gasteiger partial charge < -0.3 is 20.6 Å². The Labute approximate surface area is 149 Å². The molecule has 2 fully saturated rings. The number of carbonyl (C=O) groups is 2. The maximum atomic E-state index is 12.4. The molecule has 0 aromatic heterocycles. The molecular weight excluding hydrogens is 374 g/mol. The summed E-state index contributed by atoms with van der Waals surface area (Å²) < 4.78 is 0.858. The fraction of sp³-hybridized carbons (Fsp3) is 0.529. The Hall–Kier alpha value is -1.44. The first-order valence-corrected chi connectivity index (χ1v) is 9.09. The number of rotatable bonds is 3. The van der Waals surface area contributed by atoms with Crippen LogP contribution in [0.25, 0.3) is 0 Å². The fourth-order valence-corrected chi connectivity index (χ4v) is 3.67. The SMILES string of the molecule is O=C(Nc1ccccc1Br)C1CCN(C(=O)C2CC(O)CN2)CC1. The van der Waals surface area contributed by atoms with Crippen molar-refractivity contribution in [2.24, 2.45) is 5.92 Å². The number of nitrogens with zero attached hydrogens (tertiary/aromatic N) is 1. The van der Waals surface area contributed by atoms with E-state index in [1.807, 2.05) is 24.3 Å². The minimum atomic E-state index is -0.438. The van der Waals surface area contributed by atoms with Crippen molar-refractivity contribution in [3.8, 4) is 0 Å². The molecule has 0 radical (unpaired) electrons. The third-order valence-electron chi connectivity index (χ3n) is 4.71. The van der Waals surface area contributed by atoms with Crippen LogP contribution in [0.15, 0.2) is 28.7 Å². The molecule has 7 heteroatoms. The van der Waals surface area contributed by atoms with Crippen molar-refractivity contribution in [2.75, 3.05) is 25.0 Å². The van der Waals surface area contributed by atoms with Gasteiger partial charge in [-0.1, -0.05) is 12.1 Å². The number of piperidine rings is 1. The Morgan fingerprint density at radius 1 is 1.25 bits per heavy atom. The molecule has 2 saturated heterocycles. The van der Waals surface area contributed by atoms with Gasteiger partial charge in [-0.3, -0.25) is 9.59 Å². The van der Waals surface area contributed by atoms with Crippen LogP contribution >= 0.6 is 15.9 Å². The summed E-state index contributed by atoms with van der Waals surface area (Å²) in [6, 6.07) is 7.24. The number of carbonyl (C=O) groups excluding carboxylic acids is 2. The van der Waals surface area contributed by atoms with Gasteiger partial charge in [0, 0.05) is 30.0 Å². The molecule has 2 heterocycles. The number of para-hydroxylation sites is 1. The number of β-amino-alcohol motifs (C(OH)–C–C–N with tert-alkyl or cyclic N) is 1. The van der Waals surface area contributed by atoms with Crippen LogP contribution in [-0.2, 0) is 9.59 Å². The molecule has 1 aromatic carbocycles. The monoisotopic (exact) mass is 395 g/mol. The molecule has 0 bridgehead atoms. The average Bonchev–Trinajstić information content (AvgIpc) is 3.03. The average molecular weight is 396 g/mol. The highest BCUT2D eigenvalue weighted by molar-refractivity contribution is 9.10. The highest BCUT2D eigenvalue weighted by atomic mass is 79.9. The Balaban J connectivity index is 1.50. The van der Waals surface area contributed by atoms with E-state index < -0.39 is 6.10 Å². The quantitative estimate of drug-likeness (QED) is 0.721. The molecule has 3 rings (SSSR count). The zero-order valence-electron chi connectivity index (χ0n) is 13.4. The maximum Gasteiger partial charge on any atom is 0.239 e. The van der Waals surface area contributed by atoms with Crippen LogP contribution in [0.4, 0.5) is 5.69 Å². The molecule has 0 spiro atoms. The van der Waals surface area contributed by atoms with Crippen LogP contribution in [-0.4, -0.2) is 53.6 Å². The second-order valence-corrected chi connectivity index (χ2v) is 7.27. The van der Waals surface area contributed by atoms with Gasteiger partial charge in [0.1, 0.15) is 0 Å². The zero-order chi connectivity index (χ0) is 17.1. The van der Waals surface area contributed by atoms with E-state index in [4.69, 9.17) is 0 Å². The molecule has 0 saturated carbocycles. The van der Waals surface area contributed by atoms with Crippen molar-refractivity contribution in [1.29, 1.82) is 0 Å². The number of benzene rings is 1. The van der Waals surface area contributed by atoms with E-state index in [9.17, 15) is 14.7 Å². The lowest BCUT2D eigenvalue weighted by Crippen LogP contribution is -2.48. The van der Waals surface area contributed by atoms with Gasteiger partial charge in [0.25, 0.3) is 0 Å². The molecule has 2 amide bonds. The van der Waals surface area contributed by atoms with E-state index in [1.165, 1.54) is 0 Å². The van der Waals surface area contributed by atoms with E-state index >= 15 is 0 Å². The van der Waals surface area contributed by atoms with Gasteiger partial charge >= 0.3 is 0 Å².